The van der Waals surface area contributed by atoms with E-state index in [-0.39, 0.29) is 18.2 Å². The van der Waals surface area contributed by atoms with Gasteiger partial charge >= 0.3 is 0 Å². The number of benzene rings is 1. The van der Waals surface area contributed by atoms with Crippen LogP contribution < -0.4 is 10.1 Å². The van der Waals surface area contributed by atoms with Gasteiger partial charge in [0.15, 0.2) is 0 Å². The van der Waals surface area contributed by atoms with Crippen LogP contribution in [0.1, 0.15) is 37.3 Å². The van der Waals surface area contributed by atoms with Gasteiger partial charge in [0.25, 0.3) is 0 Å². The van der Waals surface area contributed by atoms with Gasteiger partial charge in [-0.2, -0.15) is 0 Å². The molecule has 2 atom stereocenters. The van der Waals surface area contributed by atoms with Crippen LogP contribution in [0.2, 0.25) is 0 Å². The van der Waals surface area contributed by atoms with Crippen LogP contribution in [0.5, 0.6) is 5.75 Å². The zero-order valence-corrected chi connectivity index (χ0v) is 12.2. The maximum absolute atomic E-state index is 9.60. The molecule has 106 valence electrons. The summed E-state index contributed by atoms with van der Waals surface area (Å²) in [7, 11) is 0. The second-order valence-electron chi connectivity index (χ2n) is 5.72. The molecule has 0 aliphatic heterocycles. The topological polar surface area (TPSA) is 41.5 Å². The molecule has 1 fully saturated rings. The Bertz CT molecular complexity index is 433. The molecule has 3 nitrogen and oxygen atoms in total. The standard InChI is InChI=1S/C16H25NO2/c1-4-17-16(11-18)8-7-14(10-16)19-15-6-5-12(2)9-13(15)3/h5-6,9,14,17-18H,4,7-8,10-11H2,1-3H3. The lowest BCUT2D eigenvalue weighted by molar-refractivity contribution is 0.141. The molecular weight excluding hydrogens is 238 g/mol. The van der Waals surface area contributed by atoms with E-state index in [1.54, 1.807) is 0 Å². The minimum atomic E-state index is -0.141. The highest BCUT2D eigenvalue weighted by molar-refractivity contribution is 5.35. The van der Waals surface area contributed by atoms with Gasteiger partial charge in [-0.05, 0) is 44.9 Å². The molecule has 0 bridgehead atoms. The third-order valence-corrected chi connectivity index (χ3v) is 4.04. The Balaban J connectivity index is 2.01. The van der Waals surface area contributed by atoms with Gasteiger partial charge in [0.2, 0.25) is 0 Å². The van der Waals surface area contributed by atoms with Crippen molar-refractivity contribution < 1.29 is 9.84 Å². The quantitative estimate of drug-likeness (QED) is 0.858. The lowest BCUT2D eigenvalue weighted by atomic mass is 9.99. The van der Waals surface area contributed by atoms with Gasteiger partial charge in [0, 0.05) is 12.0 Å². The van der Waals surface area contributed by atoms with Crippen molar-refractivity contribution in [3.8, 4) is 5.75 Å². The molecule has 1 aromatic carbocycles. The van der Waals surface area contributed by atoms with Gasteiger partial charge in [0.1, 0.15) is 11.9 Å². The lowest BCUT2D eigenvalue weighted by Crippen LogP contribution is -2.46. The zero-order chi connectivity index (χ0) is 13.9. The Hall–Kier alpha value is -1.06. The predicted molar refractivity (Wildman–Crippen MR) is 77.7 cm³/mol. The maximum atomic E-state index is 9.60. The van der Waals surface area contributed by atoms with Crippen LogP contribution in [0.4, 0.5) is 0 Å². The molecule has 1 saturated carbocycles. The first-order chi connectivity index (χ1) is 9.08. The van der Waals surface area contributed by atoms with Crippen LogP contribution in [-0.2, 0) is 0 Å². The van der Waals surface area contributed by atoms with Crippen molar-refractivity contribution in [2.45, 2.75) is 51.7 Å². The zero-order valence-electron chi connectivity index (χ0n) is 12.2. The lowest BCUT2D eigenvalue weighted by Gasteiger charge is -2.28. The Morgan fingerprint density at radius 1 is 1.42 bits per heavy atom. The van der Waals surface area contributed by atoms with Crippen molar-refractivity contribution in [1.82, 2.24) is 5.32 Å². The predicted octanol–water partition coefficient (Wildman–Crippen LogP) is 2.58. The molecule has 1 aromatic rings. The van der Waals surface area contributed by atoms with E-state index in [0.717, 1.165) is 31.6 Å². The molecule has 2 N–H and O–H groups in total. The van der Waals surface area contributed by atoms with E-state index in [2.05, 4.69) is 44.3 Å². The van der Waals surface area contributed by atoms with Crippen LogP contribution in [0.15, 0.2) is 18.2 Å². The maximum Gasteiger partial charge on any atom is 0.122 e. The van der Waals surface area contributed by atoms with Crippen LogP contribution in [0.3, 0.4) is 0 Å². The summed E-state index contributed by atoms with van der Waals surface area (Å²) in [4.78, 5) is 0. The molecule has 0 amide bonds. The normalized spacial score (nSPS) is 26.6. The Morgan fingerprint density at radius 2 is 2.21 bits per heavy atom. The highest BCUT2D eigenvalue weighted by atomic mass is 16.5. The number of ether oxygens (including phenoxy) is 1. The Kier molecular flexibility index (Phi) is 4.48. The van der Waals surface area contributed by atoms with Gasteiger partial charge in [-0.15, -0.1) is 0 Å². The number of hydrogen-bond donors (Lipinski definition) is 2. The van der Waals surface area contributed by atoms with Crippen molar-refractivity contribution in [3.63, 3.8) is 0 Å². The van der Waals surface area contributed by atoms with E-state index in [1.807, 2.05) is 0 Å². The van der Waals surface area contributed by atoms with E-state index in [9.17, 15) is 5.11 Å². The van der Waals surface area contributed by atoms with Crippen molar-refractivity contribution in [2.24, 2.45) is 0 Å². The fourth-order valence-corrected chi connectivity index (χ4v) is 3.02. The smallest absolute Gasteiger partial charge is 0.122 e. The molecule has 19 heavy (non-hydrogen) atoms. The van der Waals surface area contributed by atoms with Gasteiger partial charge in [0.05, 0.1) is 6.61 Å². The first-order valence-electron chi connectivity index (χ1n) is 7.18. The monoisotopic (exact) mass is 263 g/mol. The number of aliphatic hydroxyl groups excluding tert-OH is 1. The summed E-state index contributed by atoms with van der Waals surface area (Å²) in [5.41, 5.74) is 2.30. The fraction of sp³-hybridized carbons (Fsp3) is 0.625. The average molecular weight is 263 g/mol. The Labute approximate surface area is 116 Å². The summed E-state index contributed by atoms with van der Waals surface area (Å²) >= 11 is 0. The number of nitrogens with one attached hydrogen (secondary N) is 1. The number of rotatable bonds is 5. The molecule has 3 heteroatoms. The van der Waals surface area contributed by atoms with Crippen molar-refractivity contribution >= 4 is 0 Å². The SMILES string of the molecule is CCNC1(CO)CCC(Oc2ccc(C)cc2C)C1. The Morgan fingerprint density at radius 3 is 2.84 bits per heavy atom. The second-order valence-corrected chi connectivity index (χ2v) is 5.72. The molecule has 0 radical (unpaired) electrons. The number of hydrogen-bond acceptors (Lipinski definition) is 3. The first-order valence-corrected chi connectivity index (χ1v) is 7.18. The third-order valence-electron chi connectivity index (χ3n) is 4.04. The highest BCUT2D eigenvalue weighted by Gasteiger charge is 2.39. The number of aliphatic hydroxyl groups is 1. The fourth-order valence-electron chi connectivity index (χ4n) is 3.02. The van der Waals surface area contributed by atoms with Crippen LogP contribution in [0.25, 0.3) is 0 Å². The summed E-state index contributed by atoms with van der Waals surface area (Å²) in [5.74, 6) is 0.973. The highest BCUT2D eigenvalue weighted by Crippen LogP contribution is 2.33. The van der Waals surface area contributed by atoms with Gasteiger partial charge in [-0.1, -0.05) is 24.6 Å². The van der Waals surface area contributed by atoms with Gasteiger partial charge in [-0.25, -0.2) is 0 Å². The molecule has 0 heterocycles. The molecule has 0 saturated heterocycles. The summed E-state index contributed by atoms with van der Waals surface area (Å²) in [6, 6.07) is 6.28. The molecule has 0 aromatic heterocycles. The van der Waals surface area contributed by atoms with E-state index >= 15 is 0 Å². The molecule has 0 spiro atoms. The average Bonchev–Trinajstić information content (AvgIpc) is 2.77. The summed E-state index contributed by atoms with van der Waals surface area (Å²) in [5, 5.41) is 13.0. The van der Waals surface area contributed by atoms with E-state index in [4.69, 9.17) is 4.74 Å². The largest absolute Gasteiger partial charge is 0.490 e. The minimum absolute atomic E-state index is 0.141. The van der Waals surface area contributed by atoms with Crippen molar-refractivity contribution in [1.29, 1.82) is 0 Å². The van der Waals surface area contributed by atoms with E-state index in [0.29, 0.717) is 0 Å². The van der Waals surface area contributed by atoms with Crippen molar-refractivity contribution in [2.75, 3.05) is 13.2 Å². The molecule has 1 aliphatic rings. The van der Waals surface area contributed by atoms with Crippen LogP contribution in [-0.4, -0.2) is 29.9 Å². The second kappa shape index (κ2) is 5.93. The molecular formula is C16H25NO2. The molecule has 2 rings (SSSR count). The summed E-state index contributed by atoms with van der Waals surface area (Å²) in [6.07, 6.45) is 3.06. The van der Waals surface area contributed by atoms with Crippen LogP contribution in [0, 0.1) is 13.8 Å². The van der Waals surface area contributed by atoms with Crippen molar-refractivity contribution in [3.05, 3.63) is 29.3 Å². The van der Waals surface area contributed by atoms with E-state index < -0.39 is 0 Å². The minimum Gasteiger partial charge on any atom is -0.490 e. The third kappa shape index (κ3) is 3.28. The van der Waals surface area contributed by atoms with Gasteiger partial charge < -0.3 is 15.2 Å². The molecule has 1 aliphatic carbocycles. The molecule has 2 unspecified atom stereocenters. The van der Waals surface area contributed by atoms with E-state index in [1.165, 1.54) is 11.1 Å². The van der Waals surface area contributed by atoms with Gasteiger partial charge in [-0.3, -0.25) is 0 Å². The first kappa shape index (κ1) is 14.4. The summed E-state index contributed by atoms with van der Waals surface area (Å²) < 4.78 is 6.11. The summed E-state index contributed by atoms with van der Waals surface area (Å²) in [6.45, 7) is 7.33. The van der Waals surface area contributed by atoms with Crippen LogP contribution >= 0.6 is 0 Å². The number of aryl methyl sites for hydroxylation is 2. The number of likely N-dealkylation sites (N-methyl/N-ethyl adjacent to an activating group) is 1.